The molecule has 3 heterocycles. The van der Waals surface area contributed by atoms with E-state index in [2.05, 4.69) is 9.88 Å². The van der Waals surface area contributed by atoms with E-state index in [0.717, 1.165) is 0 Å². The fourth-order valence-electron chi connectivity index (χ4n) is 4.44. The van der Waals surface area contributed by atoms with Crippen molar-refractivity contribution in [2.24, 2.45) is 7.05 Å². The van der Waals surface area contributed by atoms with Gasteiger partial charge in [0, 0.05) is 39.3 Å². The van der Waals surface area contributed by atoms with Gasteiger partial charge in [-0.15, -0.1) is 0 Å². The Morgan fingerprint density at radius 2 is 1.61 bits per heavy atom. The van der Waals surface area contributed by atoms with Crippen LogP contribution in [-0.4, -0.2) is 58.3 Å². The Morgan fingerprint density at radius 3 is 2.31 bits per heavy atom. The second kappa shape index (κ2) is 9.81. The lowest BCUT2D eigenvalue weighted by atomic mass is 10.2. The Kier molecular flexibility index (Phi) is 6.57. The maximum absolute atomic E-state index is 13.2. The van der Waals surface area contributed by atoms with Gasteiger partial charge in [0.05, 0.1) is 23.1 Å². The van der Waals surface area contributed by atoms with Crippen LogP contribution in [0.15, 0.2) is 82.6 Å². The molecule has 0 aliphatic carbocycles. The molecule has 4 aromatic rings. The SMILES string of the molecule is CC(c1nc2ccccc2c(=O)n1C)N1CCN(S(=O)(=O)c2ccc(Oc3ccccc3)nc2)CC1. The molecule has 36 heavy (non-hydrogen) atoms. The van der Waals surface area contributed by atoms with Gasteiger partial charge in [0.25, 0.3) is 5.56 Å². The Labute approximate surface area is 209 Å². The topological polar surface area (TPSA) is 97.6 Å². The molecule has 0 saturated carbocycles. The molecule has 0 bridgehead atoms. The van der Waals surface area contributed by atoms with Gasteiger partial charge in [-0.05, 0) is 37.3 Å². The predicted molar refractivity (Wildman–Crippen MR) is 136 cm³/mol. The van der Waals surface area contributed by atoms with Gasteiger partial charge in [0.2, 0.25) is 15.9 Å². The van der Waals surface area contributed by atoms with Crippen LogP contribution in [0.4, 0.5) is 0 Å². The molecule has 2 aromatic carbocycles. The quantitative estimate of drug-likeness (QED) is 0.397. The molecule has 1 aliphatic heterocycles. The highest BCUT2D eigenvalue weighted by molar-refractivity contribution is 7.89. The summed E-state index contributed by atoms with van der Waals surface area (Å²) in [5, 5.41) is 0.584. The first-order valence-corrected chi connectivity index (χ1v) is 13.2. The van der Waals surface area contributed by atoms with Crippen LogP contribution in [0.25, 0.3) is 10.9 Å². The van der Waals surface area contributed by atoms with E-state index in [4.69, 9.17) is 9.72 Å². The fourth-order valence-corrected chi connectivity index (χ4v) is 5.81. The van der Waals surface area contributed by atoms with E-state index in [9.17, 15) is 13.2 Å². The van der Waals surface area contributed by atoms with Crippen LogP contribution in [-0.2, 0) is 17.1 Å². The lowest BCUT2D eigenvalue weighted by Gasteiger charge is -2.37. The summed E-state index contributed by atoms with van der Waals surface area (Å²) in [7, 11) is -1.96. The molecule has 186 valence electrons. The van der Waals surface area contributed by atoms with Crippen LogP contribution < -0.4 is 10.3 Å². The van der Waals surface area contributed by atoms with Crippen molar-refractivity contribution in [1.82, 2.24) is 23.7 Å². The number of sulfonamides is 1. The van der Waals surface area contributed by atoms with Gasteiger partial charge in [-0.2, -0.15) is 4.31 Å². The minimum atomic E-state index is -3.69. The Bertz CT molecular complexity index is 1530. The van der Waals surface area contributed by atoms with Gasteiger partial charge in [0.15, 0.2) is 0 Å². The largest absolute Gasteiger partial charge is 0.439 e. The van der Waals surface area contributed by atoms with Gasteiger partial charge in [0.1, 0.15) is 16.5 Å². The van der Waals surface area contributed by atoms with Crippen LogP contribution in [0.1, 0.15) is 18.8 Å². The zero-order valence-electron chi connectivity index (χ0n) is 20.1. The van der Waals surface area contributed by atoms with Gasteiger partial charge in [-0.1, -0.05) is 30.3 Å². The number of nitrogens with zero attached hydrogens (tertiary/aromatic N) is 5. The van der Waals surface area contributed by atoms with Gasteiger partial charge >= 0.3 is 0 Å². The first kappa shape index (κ1) is 24.1. The molecule has 0 N–H and O–H groups in total. The summed E-state index contributed by atoms with van der Waals surface area (Å²) in [5.74, 6) is 1.62. The highest BCUT2D eigenvalue weighted by Gasteiger charge is 2.31. The van der Waals surface area contributed by atoms with Crippen molar-refractivity contribution in [2.75, 3.05) is 26.2 Å². The number of para-hydroxylation sites is 2. The van der Waals surface area contributed by atoms with Crippen LogP contribution >= 0.6 is 0 Å². The van der Waals surface area contributed by atoms with Gasteiger partial charge < -0.3 is 4.74 Å². The van der Waals surface area contributed by atoms with Crippen molar-refractivity contribution in [3.05, 3.63) is 89.1 Å². The van der Waals surface area contributed by atoms with E-state index in [1.54, 1.807) is 35.9 Å². The molecule has 1 fully saturated rings. The van der Waals surface area contributed by atoms with Crippen LogP contribution in [0, 0.1) is 0 Å². The van der Waals surface area contributed by atoms with E-state index in [0.29, 0.717) is 54.5 Å². The molecule has 2 aromatic heterocycles. The number of hydrogen-bond acceptors (Lipinski definition) is 7. The third kappa shape index (κ3) is 4.62. The second-order valence-electron chi connectivity index (χ2n) is 8.71. The molecular weight excluding hydrogens is 478 g/mol. The lowest BCUT2D eigenvalue weighted by Crippen LogP contribution is -2.49. The normalized spacial score (nSPS) is 16.2. The number of pyridine rings is 1. The van der Waals surface area contributed by atoms with Crippen molar-refractivity contribution in [1.29, 1.82) is 0 Å². The molecular formula is C26H27N5O4S. The zero-order chi connectivity index (χ0) is 25.3. The third-order valence-corrected chi connectivity index (χ3v) is 8.41. The first-order chi connectivity index (χ1) is 17.3. The molecule has 5 rings (SSSR count). The highest BCUT2D eigenvalue weighted by atomic mass is 32.2. The van der Waals surface area contributed by atoms with Crippen LogP contribution in [0.2, 0.25) is 0 Å². The van der Waals surface area contributed by atoms with E-state index in [-0.39, 0.29) is 16.5 Å². The summed E-state index contributed by atoms with van der Waals surface area (Å²) < 4.78 is 35.2. The number of piperazine rings is 1. The summed E-state index contributed by atoms with van der Waals surface area (Å²) in [4.78, 5) is 24.0. The van der Waals surface area contributed by atoms with Crippen molar-refractivity contribution < 1.29 is 13.2 Å². The van der Waals surface area contributed by atoms with E-state index in [1.807, 2.05) is 43.3 Å². The predicted octanol–water partition coefficient (Wildman–Crippen LogP) is 3.19. The summed E-state index contributed by atoms with van der Waals surface area (Å²) in [5.41, 5.74) is 0.576. The van der Waals surface area contributed by atoms with Gasteiger partial charge in [-0.25, -0.2) is 18.4 Å². The number of aromatic nitrogens is 3. The van der Waals surface area contributed by atoms with Crippen LogP contribution in [0.5, 0.6) is 11.6 Å². The van der Waals surface area contributed by atoms with Gasteiger partial charge in [-0.3, -0.25) is 14.3 Å². The molecule has 1 saturated heterocycles. The van der Waals surface area contributed by atoms with Crippen molar-refractivity contribution in [2.45, 2.75) is 17.9 Å². The monoisotopic (exact) mass is 505 g/mol. The first-order valence-electron chi connectivity index (χ1n) is 11.7. The second-order valence-corrected chi connectivity index (χ2v) is 10.7. The van der Waals surface area contributed by atoms with E-state index < -0.39 is 10.0 Å². The average molecular weight is 506 g/mol. The van der Waals surface area contributed by atoms with Crippen molar-refractivity contribution in [3.8, 4) is 11.6 Å². The molecule has 0 radical (unpaired) electrons. The number of ether oxygens (including phenoxy) is 1. The van der Waals surface area contributed by atoms with Crippen molar-refractivity contribution >= 4 is 20.9 Å². The molecule has 0 amide bonds. The molecule has 9 nitrogen and oxygen atoms in total. The molecule has 10 heteroatoms. The Morgan fingerprint density at radius 1 is 0.917 bits per heavy atom. The minimum Gasteiger partial charge on any atom is -0.439 e. The maximum atomic E-state index is 13.2. The maximum Gasteiger partial charge on any atom is 0.261 e. The van der Waals surface area contributed by atoms with Crippen LogP contribution in [0.3, 0.4) is 0 Å². The number of rotatable bonds is 6. The third-order valence-electron chi connectivity index (χ3n) is 6.52. The van der Waals surface area contributed by atoms with Crippen molar-refractivity contribution in [3.63, 3.8) is 0 Å². The lowest BCUT2D eigenvalue weighted by molar-refractivity contribution is 0.139. The van der Waals surface area contributed by atoms with E-state index in [1.165, 1.54) is 16.6 Å². The molecule has 1 unspecified atom stereocenters. The highest BCUT2D eigenvalue weighted by Crippen LogP contribution is 2.25. The summed E-state index contributed by atoms with van der Waals surface area (Å²) in [6, 6.07) is 19.4. The molecule has 0 spiro atoms. The average Bonchev–Trinajstić information content (AvgIpc) is 2.91. The smallest absolute Gasteiger partial charge is 0.261 e. The Hall–Kier alpha value is -3.60. The fraction of sp³-hybridized carbons (Fsp3) is 0.269. The summed E-state index contributed by atoms with van der Waals surface area (Å²) >= 11 is 0. The molecule has 1 aliphatic rings. The molecule has 1 atom stereocenters. The minimum absolute atomic E-state index is 0.0872. The number of hydrogen-bond donors (Lipinski definition) is 0. The number of benzene rings is 2. The zero-order valence-corrected chi connectivity index (χ0v) is 20.9. The standard InChI is InChI=1S/C26H27N5O4S/c1-19(25-28-23-11-7-6-10-22(23)26(32)29(25)2)30-14-16-31(17-15-30)36(33,34)21-12-13-24(27-18-21)35-20-8-4-3-5-9-20/h3-13,18-19H,14-17H2,1-2H3. The van der Waals surface area contributed by atoms with E-state index >= 15 is 0 Å². The summed E-state index contributed by atoms with van der Waals surface area (Å²) in [6.45, 7) is 3.69. The Balaban J connectivity index is 1.27. The summed E-state index contributed by atoms with van der Waals surface area (Å²) in [6.07, 6.45) is 1.33. The number of fused-ring (bicyclic) bond motifs is 1.